The monoisotopic (exact) mass is 425 g/mol. The van der Waals surface area contributed by atoms with Crippen LogP contribution in [0.1, 0.15) is 17.2 Å². The van der Waals surface area contributed by atoms with Gasteiger partial charge in [-0.25, -0.2) is 0 Å². The van der Waals surface area contributed by atoms with Crippen LogP contribution in [0, 0.1) is 0 Å². The van der Waals surface area contributed by atoms with Gasteiger partial charge in [0.25, 0.3) is 11.7 Å². The first-order valence-electron chi connectivity index (χ1n) is 7.95. The maximum atomic E-state index is 12.6. The Bertz CT molecular complexity index is 940. The van der Waals surface area contributed by atoms with Crippen LogP contribution < -0.4 is 0 Å². The van der Waals surface area contributed by atoms with Gasteiger partial charge in [0, 0.05) is 27.2 Å². The number of aliphatic hydroxyl groups excluding tert-OH is 2. The molecule has 0 spiro atoms. The maximum absolute atomic E-state index is 12.6. The van der Waals surface area contributed by atoms with E-state index in [1.807, 2.05) is 0 Å². The van der Waals surface area contributed by atoms with Crippen LogP contribution in [0.3, 0.4) is 0 Å². The third-order valence-electron chi connectivity index (χ3n) is 4.26. The van der Waals surface area contributed by atoms with Crippen LogP contribution in [0.5, 0.6) is 0 Å². The number of hydrogen-bond acceptors (Lipinski definition) is 4. The Hall–Kier alpha value is -2.05. The smallest absolute Gasteiger partial charge is 0.295 e. The zero-order valence-electron chi connectivity index (χ0n) is 13.8. The minimum atomic E-state index is -0.947. The Kier molecular flexibility index (Phi) is 5.77. The lowest BCUT2D eigenvalue weighted by molar-refractivity contribution is -0.140. The second-order valence-electron chi connectivity index (χ2n) is 5.89. The van der Waals surface area contributed by atoms with Crippen molar-refractivity contribution >= 4 is 52.3 Å². The largest absolute Gasteiger partial charge is 0.507 e. The number of carbonyl (C=O) groups is 2. The van der Waals surface area contributed by atoms with Gasteiger partial charge in [0.2, 0.25) is 0 Å². The summed E-state index contributed by atoms with van der Waals surface area (Å²) in [6.45, 7) is -0.443. The molecule has 0 radical (unpaired) electrons. The topological polar surface area (TPSA) is 77.8 Å². The van der Waals surface area contributed by atoms with Gasteiger partial charge in [-0.2, -0.15) is 0 Å². The molecule has 1 heterocycles. The molecule has 2 aromatic carbocycles. The average molecular weight is 427 g/mol. The zero-order valence-corrected chi connectivity index (χ0v) is 16.1. The Balaban J connectivity index is 2.22. The summed E-state index contributed by atoms with van der Waals surface area (Å²) in [5.74, 6) is -2.02. The van der Waals surface area contributed by atoms with Gasteiger partial charge in [0.1, 0.15) is 5.76 Å². The van der Waals surface area contributed by atoms with Gasteiger partial charge in [-0.05, 0) is 42.0 Å². The molecule has 0 bridgehead atoms. The number of amides is 1. The molecule has 1 aliphatic rings. The molecule has 0 saturated carbocycles. The van der Waals surface area contributed by atoms with E-state index in [1.165, 1.54) is 23.1 Å². The third-order valence-corrected chi connectivity index (χ3v) is 5.07. The first kappa shape index (κ1) is 19.7. The van der Waals surface area contributed by atoms with E-state index in [2.05, 4.69) is 0 Å². The number of halogens is 3. The highest BCUT2D eigenvalue weighted by Gasteiger charge is 2.46. The van der Waals surface area contributed by atoms with Crippen LogP contribution in [0.4, 0.5) is 0 Å². The molecule has 27 heavy (non-hydrogen) atoms. The molecule has 1 saturated heterocycles. The van der Waals surface area contributed by atoms with Crippen LogP contribution in [0.25, 0.3) is 5.76 Å². The molecular formula is C19H14Cl3NO4. The molecule has 1 aliphatic heterocycles. The van der Waals surface area contributed by atoms with Crippen molar-refractivity contribution in [3.63, 3.8) is 0 Å². The summed E-state index contributed by atoms with van der Waals surface area (Å²) < 4.78 is 0. The fraction of sp³-hybridized carbons (Fsp3) is 0.158. The lowest BCUT2D eigenvalue weighted by atomic mass is 9.95. The van der Waals surface area contributed by atoms with Gasteiger partial charge in [-0.1, -0.05) is 40.9 Å². The van der Waals surface area contributed by atoms with Crippen molar-refractivity contribution in [2.24, 2.45) is 0 Å². The molecule has 3 rings (SSSR count). The Morgan fingerprint density at radius 2 is 1.63 bits per heavy atom. The number of carbonyl (C=O) groups excluding carboxylic acids is 2. The molecule has 5 nitrogen and oxygen atoms in total. The second kappa shape index (κ2) is 7.90. The Morgan fingerprint density at radius 3 is 2.22 bits per heavy atom. The predicted molar refractivity (Wildman–Crippen MR) is 104 cm³/mol. The van der Waals surface area contributed by atoms with E-state index < -0.39 is 17.7 Å². The number of benzene rings is 2. The van der Waals surface area contributed by atoms with Gasteiger partial charge in [0.05, 0.1) is 18.2 Å². The summed E-state index contributed by atoms with van der Waals surface area (Å²) >= 11 is 18.1. The molecular weight excluding hydrogens is 413 g/mol. The Labute approximate surface area is 170 Å². The van der Waals surface area contributed by atoms with Gasteiger partial charge in [0.15, 0.2) is 0 Å². The van der Waals surface area contributed by atoms with Crippen LogP contribution in [-0.4, -0.2) is 40.0 Å². The van der Waals surface area contributed by atoms with Crippen molar-refractivity contribution in [3.05, 3.63) is 74.2 Å². The summed E-state index contributed by atoms with van der Waals surface area (Å²) in [4.78, 5) is 26.3. The highest BCUT2D eigenvalue weighted by molar-refractivity contribution is 6.47. The Morgan fingerprint density at radius 1 is 1.00 bits per heavy atom. The summed E-state index contributed by atoms with van der Waals surface area (Å²) in [5, 5.41) is 21.2. The predicted octanol–water partition coefficient (Wildman–Crippen LogP) is 4.06. The van der Waals surface area contributed by atoms with Crippen molar-refractivity contribution in [1.82, 2.24) is 4.90 Å². The van der Waals surface area contributed by atoms with E-state index in [9.17, 15) is 19.8 Å². The number of nitrogens with zero attached hydrogens (tertiary/aromatic N) is 1. The zero-order chi connectivity index (χ0) is 19.7. The molecule has 2 N–H and O–H groups in total. The molecule has 1 unspecified atom stereocenters. The van der Waals surface area contributed by atoms with Gasteiger partial charge >= 0.3 is 0 Å². The summed E-state index contributed by atoms with van der Waals surface area (Å²) in [7, 11) is 0. The lowest BCUT2D eigenvalue weighted by Crippen LogP contribution is -2.32. The molecule has 2 aromatic rings. The summed E-state index contributed by atoms with van der Waals surface area (Å²) in [6.07, 6.45) is 0. The quantitative estimate of drug-likeness (QED) is 0.439. The first-order chi connectivity index (χ1) is 12.8. The highest BCUT2D eigenvalue weighted by atomic mass is 35.5. The van der Waals surface area contributed by atoms with Gasteiger partial charge in [-0.3, -0.25) is 9.59 Å². The number of likely N-dealkylation sites (tertiary alicyclic amines) is 1. The summed E-state index contributed by atoms with van der Waals surface area (Å²) in [5.41, 5.74) is 0.640. The molecule has 0 aromatic heterocycles. The molecule has 140 valence electrons. The number of Topliss-reactive ketones (excluding diaryl/α,β-unsaturated/α-hetero) is 1. The SMILES string of the molecule is O=C1C(=O)N(CCO)C(c2ccc(Cl)cc2Cl)/C1=C(/O)c1ccc(Cl)cc1. The van der Waals surface area contributed by atoms with Gasteiger partial charge in [-0.15, -0.1) is 0 Å². The first-order valence-corrected chi connectivity index (χ1v) is 9.08. The van der Waals surface area contributed by atoms with Crippen molar-refractivity contribution in [2.75, 3.05) is 13.2 Å². The van der Waals surface area contributed by atoms with Gasteiger partial charge < -0.3 is 15.1 Å². The number of hydrogen-bond donors (Lipinski definition) is 2. The van der Waals surface area contributed by atoms with Crippen molar-refractivity contribution < 1.29 is 19.8 Å². The van der Waals surface area contributed by atoms with Crippen molar-refractivity contribution in [3.8, 4) is 0 Å². The van der Waals surface area contributed by atoms with E-state index in [0.29, 0.717) is 21.2 Å². The molecule has 1 amide bonds. The number of rotatable bonds is 4. The van der Waals surface area contributed by atoms with Crippen LogP contribution in [0.15, 0.2) is 48.0 Å². The maximum Gasteiger partial charge on any atom is 0.295 e. The van der Waals surface area contributed by atoms with Crippen molar-refractivity contribution in [2.45, 2.75) is 6.04 Å². The second-order valence-corrected chi connectivity index (χ2v) is 7.17. The molecule has 1 atom stereocenters. The number of ketones is 1. The van der Waals surface area contributed by atoms with Crippen LogP contribution in [-0.2, 0) is 9.59 Å². The van der Waals surface area contributed by atoms with Crippen LogP contribution >= 0.6 is 34.8 Å². The van der Waals surface area contributed by atoms with E-state index >= 15 is 0 Å². The fourth-order valence-electron chi connectivity index (χ4n) is 3.03. The minimum absolute atomic E-state index is 0.0917. The highest BCUT2D eigenvalue weighted by Crippen LogP contribution is 2.42. The number of aliphatic hydroxyl groups is 2. The standard InChI is InChI=1S/C19H14Cl3NO4/c20-11-3-1-10(2-4-11)17(25)15-16(13-6-5-12(21)9-14(13)22)23(7-8-24)19(27)18(15)26/h1-6,9,16,24-25H,7-8H2/b17-15-. The fourth-order valence-corrected chi connectivity index (χ4v) is 3.67. The van der Waals surface area contributed by atoms with E-state index in [1.54, 1.807) is 24.3 Å². The number of β-amino-alcohol motifs (C(OH)–C–C–N with tert-alkyl or cyclic N) is 1. The average Bonchev–Trinajstić information content (AvgIpc) is 2.87. The lowest BCUT2D eigenvalue weighted by Gasteiger charge is -2.25. The minimum Gasteiger partial charge on any atom is -0.507 e. The van der Waals surface area contributed by atoms with E-state index in [4.69, 9.17) is 34.8 Å². The van der Waals surface area contributed by atoms with E-state index in [-0.39, 0.29) is 29.5 Å². The molecule has 8 heteroatoms. The molecule has 1 fully saturated rings. The van der Waals surface area contributed by atoms with E-state index in [0.717, 1.165) is 0 Å². The third kappa shape index (κ3) is 3.69. The summed E-state index contributed by atoms with van der Waals surface area (Å²) in [6, 6.07) is 9.90. The van der Waals surface area contributed by atoms with Crippen LogP contribution in [0.2, 0.25) is 15.1 Å². The normalized spacial score (nSPS) is 19.0. The molecule has 0 aliphatic carbocycles. The van der Waals surface area contributed by atoms with Crippen molar-refractivity contribution in [1.29, 1.82) is 0 Å².